The first-order chi connectivity index (χ1) is 7.98. The Morgan fingerprint density at radius 1 is 1.41 bits per heavy atom. The molecule has 0 aromatic heterocycles. The van der Waals surface area contributed by atoms with Gasteiger partial charge in [-0.15, -0.1) is 0 Å². The van der Waals surface area contributed by atoms with E-state index >= 15 is 0 Å². The summed E-state index contributed by atoms with van der Waals surface area (Å²) in [6.45, 7) is 8.06. The lowest BCUT2D eigenvalue weighted by Crippen LogP contribution is -2.47. The van der Waals surface area contributed by atoms with Crippen LogP contribution in [0.3, 0.4) is 0 Å². The average molecular weight is 238 g/mol. The summed E-state index contributed by atoms with van der Waals surface area (Å²) in [5.41, 5.74) is -0.206. The van der Waals surface area contributed by atoms with Crippen LogP contribution in [0.5, 0.6) is 0 Å². The van der Waals surface area contributed by atoms with Gasteiger partial charge in [0.2, 0.25) is 5.91 Å². The van der Waals surface area contributed by atoms with E-state index in [0.29, 0.717) is 0 Å². The molecule has 2 fully saturated rings. The number of nitrogens with zero attached hydrogens (tertiary/aromatic N) is 1. The van der Waals surface area contributed by atoms with Crippen LogP contribution >= 0.6 is 0 Å². The molecule has 2 aliphatic heterocycles. The van der Waals surface area contributed by atoms with Crippen molar-refractivity contribution < 1.29 is 9.59 Å². The molecule has 0 radical (unpaired) electrons. The van der Waals surface area contributed by atoms with Gasteiger partial charge in [0.1, 0.15) is 0 Å². The summed E-state index contributed by atoms with van der Waals surface area (Å²) >= 11 is 0. The summed E-state index contributed by atoms with van der Waals surface area (Å²) in [6, 6.07) is -0.234. The van der Waals surface area contributed by atoms with E-state index in [1.54, 1.807) is 6.92 Å². The molecule has 96 valence electrons. The molecule has 4 nitrogen and oxygen atoms in total. The van der Waals surface area contributed by atoms with Crippen molar-refractivity contribution in [2.75, 3.05) is 19.6 Å². The van der Waals surface area contributed by atoms with Crippen molar-refractivity contribution in [1.29, 1.82) is 0 Å². The summed E-state index contributed by atoms with van der Waals surface area (Å²) in [5.74, 6) is 0.494. The Morgan fingerprint density at radius 3 is 2.59 bits per heavy atom. The Balaban J connectivity index is 2.18. The normalized spacial score (nSPS) is 30.6. The summed E-state index contributed by atoms with van der Waals surface area (Å²) < 4.78 is 0. The summed E-state index contributed by atoms with van der Waals surface area (Å²) in [5, 5.41) is 3.27. The highest BCUT2D eigenvalue weighted by atomic mass is 16.2. The van der Waals surface area contributed by atoms with Crippen molar-refractivity contribution in [2.45, 2.75) is 39.7 Å². The fraction of sp³-hybridized carbons (Fsp3) is 0.846. The second-order valence-corrected chi connectivity index (χ2v) is 5.76. The summed E-state index contributed by atoms with van der Waals surface area (Å²) in [6.07, 6.45) is 1.82. The maximum Gasteiger partial charge on any atom is 0.230 e. The van der Waals surface area contributed by atoms with E-state index in [0.717, 1.165) is 32.5 Å². The van der Waals surface area contributed by atoms with Crippen LogP contribution in [0.1, 0.15) is 33.6 Å². The minimum absolute atomic E-state index is 0.108. The van der Waals surface area contributed by atoms with Crippen LogP contribution in [-0.2, 0) is 9.59 Å². The van der Waals surface area contributed by atoms with Crippen LogP contribution in [0.2, 0.25) is 0 Å². The average Bonchev–Trinajstić information content (AvgIpc) is 2.81. The topological polar surface area (TPSA) is 49.4 Å². The molecule has 1 amide bonds. The van der Waals surface area contributed by atoms with E-state index < -0.39 is 0 Å². The Labute approximate surface area is 103 Å². The van der Waals surface area contributed by atoms with Gasteiger partial charge in [-0.05, 0) is 32.2 Å². The van der Waals surface area contributed by atoms with Gasteiger partial charge in [0, 0.05) is 13.1 Å². The Kier molecular flexibility index (Phi) is 3.25. The number of hydrogen-bond donors (Lipinski definition) is 1. The second-order valence-electron chi connectivity index (χ2n) is 5.76. The molecule has 1 N–H and O–H groups in total. The number of ketones is 1. The molecule has 2 heterocycles. The molecule has 0 bridgehead atoms. The first kappa shape index (κ1) is 12.6. The lowest BCUT2D eigenvalue weighted by atomic mass is 9.85. The molecule has 0 unspecified atom stereocenters. The number of carbonyl (C=O) groups is 2. The lowest BCUT2D eigenvalue weighted by molar-refractivity contribution is -0.142. The zero-order chi connectivity index (χ0) is 12.6. The maximum absolute atomic E-state index is 12.5. The Bertz CT molecular complexity index is 332. The molecule has 2 aliphatic rings. The molecular formula is C13H22N2O2. The van der Waals surface area contributed by atoms with Crippen molar-refractivity contribution in [2.24, 2.45) is 11.3 Å². The highest BCUT2D eigenvalue weighted by molar-refractivity contribution is 5.92. The van der Waals surface area contributed by atoms with Crippen molar-refractivity contribution in [3.8, 4) is 0 Å². The smallest absolute Gasteiger partial charge is 0.230 e. The predicted octanol–water partition coefficient (Wildman–Crippen LogP) is 0.812. The first-order valence-electron chi connectivity index (χ1n) is 6.50. The highest BCUT2D eigenvalue weighted by Crippen LogP contribution is 2.39. The Morgan fingerprint density at radius 2 is 2.12 bits per heavy atom. The third-order valence-corrected chi connectivity index (χ3v) is 4.17. The largest absolute Gasteiger partial charge is 0.332 e. The van der Waals surface area contributed by atoms with Gasteiger partial charge in [0.15, 0.2) is 5.78 Å². The number of Topliss-reactive ketones (excluding diaryl/α,β-unsaturated/α-hetero) is 1. The Hall–Kier alpha value is -0.900. The van der Waals surface area contributed by atoms with Crippen molar-refractivity contribution in [3.63, 3.8) is 0 Å². The van der Waals surface area contributed by atoms with E-state index in [9.17, 15) is 9.59 Å². The molecule has 1 spiro atoms. The van der Waals surface area contributed by atoms with Crippen LogP contribution in [0.4, 0.5) is 0 Å². The lowest BCUT2D eigenvalue weighted by Gasteiger charge is -2.30. The third kappa shape index (κ3) is 1.99. The van der Waals surface area contributed by atoms with Gasteiger partial charge in [-0.2, -0.15) is 0 Å². The number of likely N-dealkylation sites (tertiary alicyclic amines) is 1. The molecule has 2 saturated heterocycles. The zero-order valence-corrected chi connectivity index (χ0v) is 11.0. The molecular weight excluding hydrogens is 216 g/mol. The van der Waals surface area contributed by atoms with Gasteiger partial charge in [-0.1, -0.05) is 13.8 Å². The van der Waals surface area contributed by atoms with Gasteiger partial charge in [-0.25, -0.2) is 0 Å². The van der Waals surface area contributed by atoms with Gasteiger partial charge in [0.25, 0.3) is 0 Å². The number of hydrogen-bond acceptors (Lipinski definition) is 3. The molecule has 2 rings (SSSR count). The number of rotatable bonds is 3. The van der Waals surface area contributed by atoms with Crippen molar-refractivity contribution in [3.05, 3.63) is 0 Å². The fourth-order valence-electron chi connectivity index (χ4n) is 3.30. The molecule has 2 atom stereocenters. The predicted molar refractivity (Wildman–Crippen MR) is 65.6 cm³/mol. The molecule has 0 saturated carbocycles. The quantitative estimate of drug-likeness (QED) is 0.791. The fourth-order valence-corrected chi connectivity index (χ4v) is 3.30. The van der Waals surface area contributed by atoms with Gasteiger partial charge < -0.3 is 10.2 Å². The van der Waals surface area contributed by atoms with Crippen LogP contribution in [0.15, 0.2) is 0 Å². The minimum Gasteiger partial charge on any atom is -0.332 e. The molecule has 0 aromatic rings. The summed E-state index contributed by atoms with van der Waals surface area (Å²) in [4.78, 5) is 26.0. The van der Waals surface area contributed by atoms with Crippen LogP contribution in [-0.4, -0.2) is 42.3 Å². The van der Waals surface area contributed by atoms with Crippen LogP contribution in [0, 0.1) is 11.3 Å². The van der Waals surface area contributed by atoms with Crippen molar-refractivity contribution >= 4 is 11.7 Å². The van der Waals surface area contributed by atoms with Gasteiger partial charge in [-0.3, -0.25) is 9.59 Å². The number of nitrogens with one attached hydrogen (secondary N) is 1. The first-order valence-corrected chi connectivity index (χ1v) is 6.50. The number of amides is 1. The van der Waals surface area contributed by atoms with Crippen LogP contribution in [0.25, 0.3) is 0 Å². The molecule has 0 aliphatic carbocycles. The molecule has 17 heavy (non-hydrogen) atoms. The summed E-state index contributed by atoms with van der Waals surface area (Å²) in [7, 11) is 0. The van der Waals surface area contributed by atoms with E-state index in [4.69, 9.17) is 0 Å². The van der Waals surface area contributed by atoms with E-state index in [1.807, 2.05) is 18.7 Å². The molecule has 0 aromatic carbocycles. The van der Waals surface area contributed by atoms with Crippen molar-refractivity contribution in [1.82, 2.24) is 10.2 Å². The maximum atomic E-state index is 12.5. The second kappa shape index (κ2) is 4.41. The molecule has 4 heteroatoms. The van der Waals surface area contributed by atoms with E-state index in [2.05, 4.69) is 5.32 Å². The van der Waals surface area contributed by atoms with Gasteiger partial charge >= 0.3 is 0 Å². The monoisotopic (exact) mass is 238 g/mol. The highest BCUT2D eigenvalue weighted by Gasteiger charge is 2.50. The van der Waals surface area contributed by atoms with E-state index in [-0.39, 0.29) is 29.1 Å². The SMILES string of the molecule is CC(=O)[C@H](C(C)C)N1CC[C@@]2(CCNC2)C1=O. The standard InChI is InChI=1S/C13H22N2O2/c1-9(2)11(10(3)16)15-7-5-13(12(15)17)4-6-14-8-13/h9,11,14H,4-8H2,1-3H3/t11-,13+/m0/s1. The minimum atomic E-state index is -0.234. The number of carbonyl (C=O) groups excluding carboxylic acids is 2. The van der Waals surface area contributed by atoms with Gasteiger partial charge in [0.05, 0.1) is 11.5 Å². The van der Waals surface area contributed by atoms with E-state index in [1.165, 1.54) is 0 Å². The third-order valence-electron chi connectivity index (χ3n) is 4.17. The zero-order valence-electron chi connectivity index (χ0n) is 11.0. The van der Waals surface area contributed by atoms with Crippen LogP contribution < -0.4 is 5.32 Å².